The van der Waals surface area contributed by atoms with Gasteiger partial charge >= 0.3 is 0 Å². The van der Waals surface area contributed by atoms with Crippen LogP contribution in [0.1, 0.15) is 41.5 Å². The van der Waals surface area contributed by atoms with Crippen LogP contribution in [0.2, 0.25) is 0 Å². The van der Waals surface area contributed by atoms with Crippen molar-refractivity contribution in [2.24, 2.45) is 0 Å². The van der Waals surface area contributed by atoms with Crippen LogP contribution in [0.4, 0.5) is 0 Å². The Morgan fingerprint density at radius 3 is 1.48 bits per heavy atom. The molecule has 1 heteroatoms. The highest BCUT2D eigenvalue weighted by molar-refractivity contribution is 7.68. The second-order valence-corrected chi connectivity index (χ2v) is 13.0. The van der Waals surface area contributed by atoms with Gasteiger partial charge in [0.15, 0.2) is 0 Å². The summed E-state index contributed by atoms with van der Waals surface area (Å²) in [6, 6.07) is 28.7. The van der Waals surface area contributed by atoms with Crippen molar-refractivity contribution in [3.8, 4) is 22.3 Å². The molecule has 0 N–H and O–H groups in total. The molecule has 3 aromatic rings. The zero-order chi connectivity index (χ0) is 19.7. The first-order valence-corrected chi connectivity index (χ1v) is 11.1. The molecule has 0 saturated carbocycles. The van der Waals surface area contributed by atoms with E-state index < -0.39 is 0 Å². The first kappa shape index (κ1) is 19.8. The molecule has 0 spiro atoms. The summed E-state index contributed by atoms with van der Waals surface area (Å²) in [6.07, 6.45) is 0. The maximum absolute atomic E-state index is 2.40. The van der Waals surface area contributed by atoms with E-state index in [9.17, 15) is 0 Å². The van der Waals surface area contributed by atoms with Crippen LogP contribution >= 0.6 is 7.92 Å². The molecular formula is C26H31P. The van der Waals surface area contributed by atoms with Gasteiger partial charge in [-0.2, -0.15) is 0 Å². The molecule has 0 amide bonds. The molecule has 0 atom stereocenters. The van der Waals surface area contributed by atoms with Crippen LogP contribution in [-0.2, 0) is 0 Å². The van der Waals surface area contributed by atoms with Gasteiger partial charge in [0.2, 0.25) is 0 Å². The van der Waals surface area contributed by atoms with Crippen LogP contribution in [0, 0.1) is 0 Å². The molecule has 0 heterocycles. The molecule has 0 aliphatic rings. The molecule has 0 saturated heterocycles. The Balaban J connectivity index is 2.25. The van der Waals surface area contributed by atoms with E-state index >= 15 is 0 Å². The van der Waals surface area contributed by atoms with Gasteiger partial charge in [0.1, 0.15) is 0 Å². The van der Waals surface area contributed by atoms with Gasteiger partial charge in [0.05, 0.1) is 0 Å². The normalized spacial score (nSPS) is 12.4. The molecule has 0 unspecified atom stereocenters. The molecule has 3 aromatic carbocycles. The van der Waals surface area contributed by atoms with Gasteiger partial charge in [-0.15, -0.1) is 0 Å². The average Bonchev–Trinajstić information content (AvgIpc) is 2.61. The second-order valence-electron chi connectivity index (χ2n) is 9.14. The minimum Gasteiger partial charge on any atom is -0.0636 e. The first-order chi connectivity index (χ1) is 12.7. The van der Waals surface area contributed by atoms with E-state index in [1.807, 2.05) is 0 Å². The largest absolute Gasteiger partial charge is 0.0636 e. The lowest BCUT2D eigenvalue weighted by atomic mass is 9.99. The van der Waals surface area contributed by atoms with E-state index in [1.165, 1.54) is 27.6 Å². The zero-order valence-corrected chi connectivity index (χ0v) is 18.3. The smallest absolute Gasteiger partial charge is 0.0100 e. The third kappa shape index (κ3) is 4.50. The highest BCUT2D eigenvalue weighted by Gasteiger charge is 2.37. The van der Waals surface area contributed by atoms with E-state index in [4.69, 9.17) is 0 Å². The predicted octanol–water partition coefficient (Wildman–Crippen LogP) is 7.72. The molecule has 0 aromatic heterocycles. The summed E-state index contributed by atoms with van der Waals surface area (Å²) in [5.74, 6) is 0. The van der Waals surface area contributed by atoms with E-state index in [0.29, 0.717) is 0 Å². The van der Waals surface area contributed by atoms with Crippen molar-refractivity contribution in [3.05, 3.63) is 78.9 Å². The van der Waals surface area contributed by atoms with Crippen molar-refractivity contribution in [1.29, 1.82) is 0 Å². The minimum atomic E-state index is -0.364. The summed E-state index contributed by atoms with van der Waals surface area (Å²) in [4.78, 5) is 0. The monoisotopic (exact) mass is 374 g/mol. The Bertz CT molecular complexity index is 867. The molecule has 3 rings (SSSR count). The fraction of sp³-hybridized carbons (Fsp3) is 0.308. The summed E-state index contributed by atoms with van der Waals surface area (Å²) < 4.78 is 0. The molecule has 27 heavy (non-hydrogen) atoms. The zero-order valence-electron chi connectivity index (χ0n) is 17.5. The molecule has 0 fully saturated rings. The van der Waals surface area contributed by atoms with Gasteiger partial charge in [-0.3, -0.25) is 0 Å². The summed E-state index contributed by atoms with van der Waals surface area (Å²) in [7, 11) is -0.364. The van der Waals surface area contributed by atoms with Crippen molar-refractivity contribution in [1.82, 2.24) is 0 Å². The van der Waals surface area contributed by atoms with Crippen molar-refractivity contribution < 1.29 is 0 Å². The van der Waals surface area contributed by atoms with Gasteiger partial charge < -0.3 is 0 Å². The average molecular weight is 375 g/mol. The molecule has 0 nitrogen and oxygen atoms in total. The molecular weight excluding hydrogens is 343 g/mol. The fourth-order valence-electron chi connectivity index (χ4n) is 4.12. The summed E-state index contributed by atoms with van der Waals surface area (Å²) in [6.45, 7) is 14.4. The van der Waals surface area contributed by atoms with Crippen LogP contribution in [0.3, 0.4) is 0 Å². The van der Waals surface area contributed by atoms with Gasteiger partial charge in [-0.1, -0.05) is 122 Å². The second kappa shape index (κ2) is 7.61. The van der Waals surface area contributed by atoms with Gasteiger partial charge in [0, 0.05) is 0 Å². The predicted molar refractivity (Wildman–Crippen MR) is 123 cm³/mol. The van der Waals surface area contributed by atoms with Crippen molar-refractivity contribution in [3.63, 3.8) is 0 Å². The Morgan fingerprint density at radius 1 is 0.519 bits per heavy atom. The van der Waals surface area contributed by atoms with Crippen LogP contribution < -0.4 is 5.30 Å². The highest BCUT2D eigenvalue weighted by atomic mass is 31.1. The topological polar surface area (TPSA) is 0 Å². The quantitative estimate of drug-likeness (QED) is 0.412. The van der Waals surface area contributed by atoms with Crippen LogP contribution in [0.5, 0.6) is 0 Å². The summed E-state index contributed by atoms with van der Waals surface area (Å²) >= 11 is 0. The van der Waals surface area contributed by atoms with Crippen molar-refractivity contribution in [2.45, 2.75) is 51.9 Å². The molecule has 0 radical (unpaired) electrons. The van der Waals surface area contributed by atoms with Crippen molar-refractivity contribution >= 4 is 13.2 Å². The van der Waals surface area contributed by atoms with E-state index in [1.54, 1.807) is 0 Å². The number of benzene rings is 3. The minimum absolute atomic E-state index is 0.241. The highest BCUT2D eigenvalue weighted by Crippen LogP contribution is 2.59. The summed E-state index contributed by atoms with van der Waals surface area (Å²) in [5, 5.41) is 1.99. The molecule has 0 aliphatic carbocycles. The number of rotatable bonds is 3. The van der Waals surface area contributed by atoms with Crippen molar-refractivity contribution in [2.75, 3.05) is 0 Å². The van der Waals surface area contributed by atoms with Gasteiger partial charge in [-0.25, -0.2) is 0 Å². The maximum atomic E-state index is 2.40. The number of hydrogen-bond acceptors (Lipinski definition) is 0. The molecule has 0 aliphatic heterocycles. The molecule has 0 bridgehead atoms. The fourth-order valence-corrected chi connectivity index (χ4v) is 8.24. The van der Waals surface area contributed by atoms with Crippen LogP contribution in [0.15, 0.2) is 78.9 Å². The Hall–Kier alpha value is -1.91. The first-order valence-electron chi connectivity index (χ1n) is 9.73. The van der Waals surface area contributed by atoms with E-state index in [-0.39, 0.29) is 18.2 Å². The lowest BCUT2D eigenvalue weighted by molar-refractivity contribution is 0.715. The standard InChI is InChI=1S/C26H31P/c1-25(2,3)27(26(4,5)6)24-18-17-22(20-13-9-7-10-14-20)19-23(24)21-15-11-8-12-16-21/h7-19H,1-6H3. The Morgan fingerprint density at radius 2 is 1.00 bits per heavy atom. The van der Waals surface area contributed by atoms with Crippen LogP contribution in [-0.4, -0.2) is 10.3 Å². The van der Waals surface area contributed by atoms with Gasteiger partial charge in [0.25, 0.3) is 0 Å². The lowest BCUT2D eigenvalue weighted by Gasteiger charge is -2.42. The number of hydrogen-bond donors (Lipinski definition) is 0. The van der Waals surface area contributed by atoms with Crippen LogP contribution in [0.25, 0.3) is 22.3 Å². The lowest BCUT2D eigenvalue weighted by Crippen LogP contribution is -2.32. The maximum Gasteiger partial charge on any atom is -0.0100 e. The van der Waals surface area contributed by atoms with E-state index in [2.05, 4.69) is 120 Å². The van der Waals surface area contributed by atoms with E-state index in [0.717, 1.165) is 0 Å². The Kier molecular flexibility index (Phi) is 5.59. The van der Waals surface area contributed by atoms with Gasteiger partial charge in [-0.05, 0) is 43.9 Å². The summed E-state index contributed by atoms with van der Waals surface area (Å²) in [5.41, 5.74) is 5.26. The SMILES string of the molecule is CC(C)(C)P(c1ccc(-c2ccccc2)cc1-c1ccccc1)C(C)(C)C. The Labute approximate surface area is 166 Å². The third-order valence-electron chi connectivity index (χ3n) is 4.77. The molecule has 140 valence electrons. The third-order valence-corrected chi connectivity index (χ3v) is 8.33.